The van der Waals surface area contributed by atoms with Crippen LogP contribution in [0.25, 0.3) is 0 Å². The van der Waals surface area contributed by atoms with Crippen LogP contribution in [0.4, 0.5) is 5.69 Å². The van der Waals surface area contributed by atoms with Crippen LogP contribution in [0.1, 0.15) is 37.5 Å². The summed E-state index contributed by atoms with van der Waals surface area (Å²) in [6, 6.07) is 30.6. The molecule has 4 rings (SSSR count). The molecule has 44 heavy (non-hydrogen) atoms. The molecule has 0 bridgehead atoms. The smallest absolute Gasteiger partial charge is 0.264 e. The summed E-state index contributed by atoms with van der Waals surface area (Å²) in [5, 5.41) is 3.21. The third kappa shape index (κ3) is 8.49. The molecule has 0 radical (unpaired) electrons. The summed E-state index contributed by atoms with van der Waals surface area (Å²) in [7, 11) is -4.22. The fraction of sp³-hybridized carbons (Fsp3) is 0.257. The van der Waals surface area contributed by atoms with E-state index < -0.39 is 34.1 Å². The first-order chi connectivity index (χ1) is 20.8. The van der Waals surface area contributed by atoms with Crippen molar-refractivity contribution in [1.29, 1.82) is 0 Å². The number of sulfonamides is 1. The van der Waals surface area contributed by atoms with Gasteiger partial charge in [-0.05, 0) is 63.1 Å². The topological polar surface area (TPSA) is 86.8 Å². The van der Waals surface area contributed by atoms with Crippen molar-refractivity contribution in [3.63, 3.8) is 0 Å². The summed E-state index contributed by atoms with van der Waals surface area (Å²) in [5.74, 6) is -0.882. The van der Waals surface area contributed by atoms with E-state index in [0.717, 1.165) is 21.0 Å². The number of benzene rings is 4. The van der Waals surface area contributed by atoms with E-state index in [2.05, 4.69) is 5.32 Å². The molecule has 4 aromatic rings. The molecule has 0 aromatic heterocycles. The van der Waals surface area contributed by atoms with E-state index in [1.165, 1.54) is 17.0 Å². The average Bonchev–Trinajstić information content (AvgIpc) is 2.99. The number of rotatable bonds is 11. The second-order valence-electron chi connectivity index (χ2n) is 11.7. The second-order valence-corrected chi connectivity index (χ2v) is 14.0. The summed E-state index contributed by atoms with van der Waals surface area (Å²) in [5.41, 5.74) is 2.33. The van der Waals surface area contributed by atoms with Gasteiger partial charge in [0, 0.05) is 18.5 Å². The first-order valence-electron chi connectivity index (χ1n) is 14.4. The molecular weight excluding hydrogens is 594 g/mol. The molecule has 9 heteroatoms. The van der Waals surface area contributed by atoms with E-state index in [9.17, 15) is 18.0 Å². The molecule has 0 aliphatic rings. The first-order valence-corrected chi connectivity index (χ1v) is 16.2. The maximum Gasteiger partial charge on any atom is 0.264 e. The van der Waals surface area contributed by atoms with E-state index in [0.29, 0.717) is 0 Å². The van der Waals surface area contributed by atoms with Crippen molar-refractivity contribution >= 4 is 39.1 Å². The molecule has 2 amide bonds. The van der Waals surface area contributed by atoms with E-state index in [1.807, 2.05) is 82.3 Å². The largest absolute Gasteiger partial charge is 0.350 e. The molecule has 0 unspecified atom stereocenters. The van der Waals surface area contributed by atoms with Gasteiger partial charge in [-0.1, -0.05) is 102 Å². The number of hydrogen-bond acceptors (Lipinski definition) is 4. The number of nitrogens with one attached hydrogen (secondary N) is 1. The van der Waals surface area contributed by atoms with Crippen LogP contribution >= 0.6 is 11.6 Å². The lowest BCUT2D eigenvalue weighted by Crippen LogP contribution is -2.56. The SMILES string of the molecule is Cc1ccc(CN(C(=O)CN(c2ccccc2Cl)S(=O)(=O)c2ccccc2)[C@@H](Cc2ccccc2)C(=O)NC(C)(C)C)cc1. The van der Waals surface area contributed by atoms with Gasteiger partial charge in [0.25, 0.3) is 10.0 Å². The Bertz CT molecular complexity index is 1670. The fourth-order valence-corrected chi connectivity index (χ4v) is 6.53. The van der Waals surface area contributed by atoms with Gasteiger partial charge in [0.1, 0.15) is 12.6 Å². The monoisotopic (exact) mass is 631 g/mol. The minimum Gasteiger partial charge on any atom is -0.350 e. The van der Waals surface area contributed by atoms with E-state index in [-0.39, 0.29) is 34.5 Å². The highest BCUT2D eigenvalue weighted by Gasteiger charge is 2.36. The van der Waals surface area contributed by atoms with Gasteiger partial charge in [0.05, 0.1) is 15.6 Å². The predicted octanol–water partition coefficient (Wildman–Crippen LogP) is 6.40. The molecule has 1 N–H and O–H groups in total. The van der Waals surface area contributed by atoms with Gasteiger partial charge in [-0.15, -0.1) is 0 Å². The number of carbonyl (C=O) groups is 2. The lowest BCUT2D eigenvalue weighted by Gasteiger charge is -2.35. The number of para-hydroxylation sites is 1. The molecule has 0 saturated heterocycles. The van der Waals surface area contributed by atoms with Gasteiger partial charge in [0.2, 0.25) is 11.8 Å². The Labute approximate surface area is 265 Å². The predicted molar refractivity (Wildman–Crippen MR) is 176 cm³/mol. The molecule has 0 aliphatic carbocycles. The Balaban J connectivity index is 1.82. The van der Waals surface area contributed by atoms with Crippen LogP contribution in [-0.2, 0) is 32.6 Å². The zero-order valence-electron chi connectivity index (χ0n) is 25.4. The average molecular weight is 632 g/mol. The maximum absolute atomic E-state index is 14.5. The molecular formula is C35H38ClN3O4S. The minimum absolute atomic E-state index is 0.0177. The van der Waals surface area contributed by atoms with E-state index in [4.69, 9.17) is 11.6 Å². The van der Waals surface area contributed by atoms with Gasteiger partial charge in [-0.3, -0.25) is 13.9 Å². The maximum atomic E-state index is 14.5. The zero-order chi connectivity index (χ0) is 31.9. The fourth-order valence-electron chi connectivity index (χ4n) is 4.78. The van der Waals surface area contributed by atoms with Crippen LogP contribution in [0.3, 0.4) is 0 Å². The number of hydrogen-bond donors (Lipinski definition) is 1. The molecule has 0 spiro atoms. The number of amides is 2. The quantitative estimate of drug-likeness (QED) is 0.208. The van der Waals surface area contributed by atoms with Crippen LogP contribution in [0.15, 0.2) is 114 Å². The standard InChI is InChI=1S/C35H38ClN3O4S/c1-26-19-21-28(22-20-26)24-38(32(34(41)37-35(2,3)4)23-27-13-7-5-8-14-27)33(40)25-39(31-18-12-11-17-30(31)36)44(42,43)29-15-9-6-10-16-29/h5-22,32H,23-25H2,1-4H3,(H,37,41)/t32-/m0/s1. The minimum atomic E-state index is -4.22. The van der Waals surface area contributed by atoms with Gasteiger partial charge in [-0.2, -0.15) is 0 Å². The number of nitrogens with zero attached hydrogens (tertiary/aromatic N) is 2. The van der Waals surface area contributed by atoms with Crippen molar-refractivity contribution < 1.29 is 18.0 Å². The number of anilines is 1. The molecule has 0 saturated carbocycles. The van der Waals surface area contributed by atoms with E-state index in [1.54, 1.807) is 42.5 Å². The molecule has 7 nitrogen and oxygen atoms in total. The summed E-state index contributed by atoms with van der Waals surface area (Å²) in [6.45, 7) is 7.13. The van der Waals surface area contributed by atoms with Crippen molar-refractivity contribution in [3.8, 4) is 0 Å². The highest BCUT2D eigenvalue weighted by Crippen LogP contribution is 2.31. The number of aryl methyl sites for hydroxylation is 1. The number of carbonyl (C=O) groups excluding carboxylic acids is 2. The Morgan fingerprint density at radius 1 is 0.795 bits per heavy atom. The van der Waals surface area contributed by atoms with Crippen LogP contribution in [0, 0.1) is 6.92 Å². The molecule has 230 valence electrons. The lowest BCUT2D eigenvalue weighted by atomic mass is 10.0. The van der Waals surface area contributed by atoms with Crippen molar-refractivity contribution in [2.45, 2.75) is 57.1 Å². The molecule has 0 aliphatic heterocycles. The Morgan fingerprint density at radius 3 is 1.95 bits per heavy atom. The van der Waals surface area contributed by atoms with E-state index >= 15 is 0 Å². The molecule has 1 atom stereocenters. The Morgan fingerprint density at radius 2 is 1.36 bits per heavy atom. The van der Waals surface area contributed by atoms with Crippen molar-refractivity contribution in [3.05, 3.63) is 131 Å². The number of halogens is 1. The summed E-state index contributed by atoms with van der Waals surface area (Å²) >= 11 is 6.52. The van der Waals surface area contributed by atoms with Gasteiger partial charge < -0.3 is 10.2 Å². The van der Waals surface area contributed by atoms with Crippen molar-refractivity contribution in [2.75, 3.05) is 10.8 Å². The van der Waals surface area contributed by atoms with Gasteiger partial charge in [0.15, 0.2) is 0 Å². The third-order valence-electron chi connectivity index (χ3n) is 6.97. The highest BCUT2D eigenvalue weighted by atomic mass is 35.5. The second kappa shape index (κ2) is 14.1. The normalized spacial score (nSPS) is 12.3. The summed E-state index contributed by atoms with van der Waals surface area (Å²) in [6.07, 6.45) is 0.234. The summed E-state index contributed by atoms with van der Waals surface area (Å²) in [4.78, 5) is 29.9. The van der Waals surface area contributed by atoms with Crippen molar-refractivity contribution in [2.24, 2.45) is 0 Å². The zero-order valence-corrected chi connectivity index (χ0v) is 27.0. The Kier molecular flexibility index (Phi) is 10.5. The lowest BCUT2D eigenvalue weighted by molar-refractivity contribution is -0.140. The highest BCUT2D eigenvalue weighted by molar-refractivity contribution is 7.92. The summed E-state index contributed by atoms with van der Waals surface area (Å²) < 4.78 is 29.1. The van der Waals surface area contributed by atoms with Crippen LogP contribution in [0.2, 0.25) is 5.02 Å². The first kappa shape index (κ1) is 32.8. The van der Waals surface area contributed by atoms with Crippen molar-refractivity contribution in [1.82, 2.24) is 10.2 Å². The Hall–Kier alpha value is -4.14. The van der Waals surface area contributed by atoms with Crippen LogP contribution < -0.4 is 9.62 Å². The van der Waals surface area contributed by atoms with Gasteiger partial charge >= 0.3 is 0 Å². The molecule has 0 fully saturated rings. The molecule has 0 heterocycles. The van der Waals surface area contributed by atoms with Gasteiger partial charge in [-0.25, -0.2) is 8.42 Å². The third-order valence-corrected chi connectivity index (χ3v) is 9.07. The van der Waals surface area contributed by atoms with Crippen LogP contribution in [0.5, 0.6) is 0 Å². The molecule has 4 aromatic carbocycles. The van der Waals surface area contributed by atoms with Crippen LogP contribution in [-0.4, -0.2) is 43.3 Å².